The minimum atomic E-state index is -0.680. The molecule has 0 bridgehead atoms. The smallest absolute Gasteiger partial charge is 0.290 e. The molecule has 0 N–H and O–H groups in total. The number of fused-ring (bicyclic) bond motifs is 2. The summed E-state index contributed by atoms with van der Waals surface area (Å²) < 4.78 is 30.7. The summed E-state index contributed by atoms with van der Waals surface area (Å²) in [6.45, 7) is 2.72. The maximum absolute atomic E-state index is 14.0. The highest BCUT2D eigenvalue weighted by Gasteiger charge is 2.42. The molecule has 35 heavy (non-hydrogen) atoms. The number of methoxy groups -OCH3 is 1. The van der Waals surface area contributed by atoms with Crippen molar-refractivity contribution in [2.75, 3.05) is 20.3 Å². The van der Waals surface area contributed by atoms with Crippen molar-refractivity contribution in [3.63, 3.8) is 0 Å². The number of ether oxygens (including phenoxy) is 2. The maximum Gasteiger partial charge on any atom is 0.290 e. The van der Waals surface area contributed by atoms with Crippen LogP contribution in [0.15, 0.2) is 75.9 Å². The zero-order valence-corrected chi connectivity index (χ0v) is 19.4. The summed E-state index contributed by atoms with van der Waals surface area (Å²) in [5.41, 5.74) is 1.73. The summed E-state index contributed by atoms with van der Waals surface area (Å²) in [6.07, 6.45) is 0.563. The molecule has 6 nitrogen and oxygen atoms in total. The van der Waals surface area contributed by atoms with Gasteiger partial charge in [0.05, 0.1) is 30.7 Å². The average Bonchev–Trinajstić information content (AvgIpc) is 3.15. The van der Waals surface area contributed by atoms with Crippen LogP contribution in [0.1, 0.15) is 40.2 Å². The van der Waals surface area contributed by atoms with E-state index in [-0.39, 0.29) is 28.2 Å². The average molecular weight is 474 g/mol. The van der Waals surface area contributed by atoms with Crippen molar-refractivity contribution in [3.05, 3.63) is 105 Å². The second-order valence-corrected chi connectivity index (χ2v) is 8.32. The van der Waals surface area contributed by atoms with E-state index in [4.69, 9.17) is 13.9 Å². The molecule has 0 fully saturated rings. The van der Waals surface area contributed by atoms with E-state index in [0.29, 0.717) is 25.3 Å². The van der Waals surface area contributed by atoms with Gasteiger partial charge in [0.1, 0.15) is 22.9 Å². The van der Waals surface area contributed by atoms with E-state index in [1.165, 1.54) is 12.1 Å². The first-order valence-electron chi connectivity index (χ1n) is 11.4. The Labute approximate surface area is 201 Å². The Morgan fingerprint density at radius 1 is 1.00 bits per heavy atom. The quantitative estimate of drug-likeness (QED) is 0.372. The highest BCUT2D eigenvalue weighted by atomic mass is 19.1. The zero-order chi connectivity index (χ0) is 24.5. The third-order valence-corrected chi connectivity index (χ3v) is 6.21. The minimum Gasteiger partial charge on any atom is -0.497 e. The SMILES string of the molecule is CCOc1cccc([C@H]2c3c(oc4ccc(F)cc4c3=O)C(=O)N2CCc2ccc(OC)cc2)c1. The molecule has 5 rings (SSSR count). The zero-order valence-electron chi connectivity index (χ0n) is 19.4. The first kappa shape index (κ1) is 22.7. The lowest BCUT2D eigenvalue weighted by atomic mass is 9.98. The summed E-state index contributed by atoms with van der Waals surface area (Å²) >= 11 is 0. The normalized spacial score (nSPS) is 14.9. The van der Waals surface area contributed by atoms with Gasteiger partial charge in [-0.1, -0.05) is 24.3 Å². The summed E-state index contributed by atoms with van der Waals surface area (Å²) in [4.78, 5) is 28.7. The van der Waals surface area contributed by atoms with E-state index in [9.17, 15) is 14.0 Å². The molecule has 4 aromatic rings. The number of benzene rings is 3. The van der Waals surface area contributed by atoms with Crippen LogP contribution in [0, 0.1) is 5.82 Å². The first-order chi connectivity index (χ1) is 17.0. The van der Waals surface area contributed by atoms with Crippen LogP contribution in [0.5, 0.6) is 11.5 Å². The molecule has 1 aromatic heterocycles. The van der Waals surface area contributed by atoms with Crippen LogP contribution in [0.25, 0.3) is 11.0 Å². The fourth-order valence-electron chi connectivity index (χ4n) is 4.55. The fourth-order valence-corrected chi connectivity index (χ4v) is 4.55. The van der Waals surface area contributed by atoms with Gasteiger partial charge >= 0.3 is 0 Å². The van der Waals surface area contributed by atoms with Gasteiger partial charge in [0.15, 0.2) is 5.43 Å². The Bertz CT molecular complexity index is 1460. The van der Waals surface area contributed by atoms with Gasteiger partial charge < -0.3 is 18.8 Å². The second-order valence-electron chi connectivity index (χ2n) is 8.32. The molecule has 0 saturated heterocycles. The van der Waals surface area contributed by atoms with E-state index >= 15 is 0 Å². The molecular formula is C28H24FNO5. The van der Waals surface area contributed by atoms with E-state index in [1.807, 2.05) is 55.5 Å². The monoisotopic (exact) mass is 473 g/mol. The molecule has 3 aromatic carbocycles. The van der Waals surface area contributed by atoms with Crippen LogP contribution < -0.4 is 14.9 Å². The van der Waals surface area contributed by atoms with Crippen LogP contribution in [-0.4, -0.2) is 31.1 Å². The lowest BCUT2D eigenvalue weighted by molar-refractivity contribution is 0.0730. The molecule has 178 valence electrons. The lowest BCUT2D eigenvalue weighted by Crippen LogP contribution is -2.31. The van der Waals surface area contributed by atoms with E-state index in [0.717, 1.165) is 22.9 Å². The molecule has 0 radical (unpaired) electrons. The molecule has 0 unspecified atom stereocenters. The van der Waals surface area contributed by atoms with Gasteiger partial charge in [-0.2, -0.15) is 0 Å². The third-order valence-electron chi connectivity index (χ3n) is 6.21. The Morgan fingerprint density at radius 2 is 1.80 bits per heavy atom. The van der Waals surface area contributed by atoms with Gasteiger partial charge in [-0.05, 0) is 66.9 Å². The summed E-state index contributed by atoms with van der Waals surface area (Å²) in [7, 11) is 1.61. The molecule has 1 atom stereocenters. The molecule has 0 spiro atoms. The number of hydrogen-bond donors (Lipinski definition) is 0. The minimum absolute atomic E-state index is 0.00403. The fraction of sp³-hybridized carbons (Fsp3) is 0.214. The van der Waals surface area contributed by atoms with Crippen molar-refractivity contribution in [3.8, 4) is 11.5 Å². The highest BCUT2D eigenvalue weighted by Crippen LogP contribution is 2.39. The van der Waals surface area contributed by atoms with Crippen molar-refractivity contribution >= 4 is 16.9 Å². The molecule has 1 amide bonds. The van der Waals surface area contributed by atoms with Gasteiger partial charge in [-0.15, -0.1) is 0 Å². The number of amides is 1. The number of nitrogens with zero attached hydrogens (tertiary/aromatic N) is 1. The lowest BCUT2D eigenvalue weighted by Gasteiger charge is -2.25. The highest BCUT2D eigenvalue weighted by molar-refractivity contribution is 5.99. The predicted octanol–water partition coefficient (Wildman–Crippen LogP) is 5.13. The van der Waals surface area contributed by atoms with Crippen molar-refractivity contribution in [1.29, 1.82) is 0 Å². The molecular weight excluding hydrogens is 449 g/mol. The summed E-state index contributed by atoms with van der Waals surface area (Å²) in [5.74, 6) is 0.467. The van der Waals surface area contributed by atoms with Crippen molar-refractivity contribution < 1.29 is 23.1 Å². The summed E-state index contributed by atoms with van der Waals surface area (Å²) in [5, 5.41) is 0.111. The number of carbonyl (C=O) groups excluding carboxylic acids is 1. The Hall–Kier alpha value is -4.13. The van der Waals surface area contributed by atoms with Crippen LogP contribution in [0.3, 0.4) is 0 Å². The largest absolute Gasteiger partial charge is 0.497 e. The van der Waals surface area contributed by atoms with Crippen molar-refractivity contribution in [2.45, 2.75) is 19.4 Å². The number of halogens is 1. The van der Waals surface area contributed by atoms with Crippen LogP contribution in [-0.2, 0) is 6.42 Å². The van der Waals surface area contributed by atoms with Crippen LogP contribution >= 0.6 is 0 Å². The first-order valence-corrected chi connectivity index (χ1v) is 11.4. The molecule has 0 aliphatic carbocycles. The third kappa shape index (κ3) is 4.14. The van der Waals surface area contributed by atoms with E-state index in [1.54, 1.807) is 12.0 Å². The predicted molar refractivity (Wildman–Crippen MR) is 130 cm³/mol. The van der Waals surface area contributed by atoms with Crippen LogP contribution in [0.2, 0.25) is 0 Å². The van der Waals surface area contributed by atoms with Gasteiger partial charge in [-0.3, -0.25) is 9.59 Å². The Balaban J connectivity index is 1.60. The van der Waals surface area contributed by atoms with Crippen molar-refractivity contribution in [2.24, 2.45) is 0 Å². The van der Waals surface area contributed by atoms with E-state index in [2.05, 4.69) is 0 Å². The van der Waals surface area contributed by atoms with Gasteiger partial charge in [-0.25, -0.2) is 4.39 Å². The topological polar surface area (TPSA) is 69.0 Å². The molecule has 2 heterocycles. The van der Waals surface area contributed by atoms with E-state index < -0.39 is 17.3 Å². The van der Waals surface area contributed by atoms with Crippen LogP contribution in [0.4, 0.5) is 4.39 Å². The number of carbonyl (C=O) groups is 1. The van der Waals surface area contributed by atoms with Crippen molar-refractivity contribution in [1.82, 2.24) is 4.90 Å². The Kier molecular flexibility index (Phi) is 5.99. The molecule has 1 aliphatic rings. The summed E-state index contributed by atoms with van der Waals surface area (Å²) in [6, 6.07) is 18.0. The van der Waals surface area contributed by atoms with Gasteiger partial charge in [0.2, 0.25) is 5.76 Å². The number of hydrogen-bond acceptors (Lipinski definition) is 5. The molecule has 1 aliphatic heterocycles. The second kappa shape index (κ2) is 9.25. The molecule has 0 saturated carbocycles. The van der Waals surface area contributed by atoms with Gasteiger partial charge in [0, 0.05) is 6.54 Å². The maximum atomic E-state index is 14.0. The Morgan fingerprint density at radius 3 is 2.54 bits per heavy atom. The van der Waals surface area contributed by atoms with Gasteiger partial charge in [0.25, 0.3) is 5.91 Å². The standard InChI is InChI=1S/C28H24FNO5/c1-3-34-21-6-4-5-18(15-21)25-24-26(31)22-16-19(29)9-12-23(22)35-27(24)28(32)30(25)14-13-17-7-10-20(33-2)11-8-17/h4-12,15-16,25H,3,13-14H2,1-2H3/t25-/m0/s1. The molecule has 7 heteroatoms. The number of rotatable bonds is 7.